The summed E-state index contributed by atoms with van der Waals surface area (Å²) in [6.45, 7) is 0.615. The predicted octanol–water partition coefficient (Wildman–Crippen LogP) is 3.12. The van der Waals surface area contributed by atoms with Crippen molar-refractivity contribution in [3.63, 3.8) is 0 Å². The second-order valence-corrected chi connectivity index (χ2v) is 5.02. The fourth-order valence-electron chi connectivity index (χ4n) is 1.25. The van der Waals surface area contributed by atoms with E-state index in [1.54, 1.807) is 11.3 Å². The van der Waals surface area contributed by atoms with Gasteiger partial charge in [0.25, 0.3) is 0 Å². The van der Waals surface area contributed by atoms with E-state index in [1.165, 1.54) is 19.4 Å². The van der Waals surface area contributed by atoms with Crippen molar-refractivity contribution in [3.8, 4) is 0 Å². The fourth-order valence-corrected chi connectivity index (χ4v) is 2.89. The molecule has 1 aromatic heterocycles. The molecule has 2 rings (SSSR count). The predicted molar refractivity (Wildman–Crippen MR) is 57.4 cm³/mol. The quantitative estimate of drug-likeness (QED) is 0.816. The van der Waals surface area contributed by atoms with Crippen LogP contribution in [0, 0.1) is 0 Å². The molecule has 62 valence electrons. The Morgan fingerprint density at radius 3 is 3.00 bits per heavy atom. The summed E-state index contributed by atoms with van der Waals surface area (Å²) in [6.07, 6.45) is 0. The number of fused-ring (bicyclic) bond motifs is 1. The highest BCUT2D eigenvalue weighted by atomic mass is 79.9. The van der Waals surface area contributed by atoms with Crippen LogP contribution in [0.25, 0.3) is 10.1 Å². The van der Waals surface area contributed by atoms with Crippen LogP contribution < -0.4 is 5.73 Å². The van der Waals surface area contributed by atoms with Crippen LogP contribution >= 0.6 is 27.3 Å². The summed E-state index contributed by atoms with van der Waals surface area (Å²) in [5, 5.41) is 1.27. The highest BCUT2D eigenvalue weighted by Crippen LogP contribution is 2.31. The van der Waals surface area contributed by atoms with Crippen molar-refractivity contribution in [2.75, 3.05) is 0 Å². The Bertz CT molecular complexity index is 408. The third kappa shape index (κ3) is 1.28. The highest BCUT2D eigenvalue weighted by Gasteiger charge is 2.02. The summed E-state index contributed by atoms with van der Waals surface area (Å²) in [5.74, 6) is 0. The molecule has 0 saturated carbocycles. The smallest absolute Gasteiger partial charge is 0.0711 e. The van der Waals surface area contributed by atoms with Crippen molar-refractivity contribution in [1.29, 1.82) is 0 Å². The molecule has 0 radical (unpaired) electrons. The monoisotopic (exact) mass is 241 g/mol. The molecule has 0 aliphatic rings. The molecular weight excluding hydrogens is 234 g/mol. The first-order chi connectivity index (χ1) is 5.81. The van der Waals surface area contributed by atoms with Gasteiger partial charge in [0, 0.05) is 11.2 Å². The zero-order chi connectivity index (χ0) is 8.55. The van der Waals surface area contributed by atoms with Gasteiger partial charge in [-0.15, -0.1) is 11.3 Å². The van der Waals surface area contributed by atoms with Crippen molar-refractivity contribution in [1.82, 2.24) is 0 Å². The number of benzene rings is 1. The molecule has 0 spiro atoms. The molecule has 0 aliphatic carbocycles. The van der Waals surface area contributed by atoms with E-state index in [9.17, 15) is 0 Å². The molecule has 2 N–H and O–H groups in total. The molecule has 0 atom stereocenters. The molecule has 0 bridgehead atoms. The molecule has 1 nitrogen and oxygen atoms in total. The SMILES string of the molecule is NCc1cccc2cc(Br)sc12. The van der Waals surface area contributed by atoms with Crippen molar-refractivity contribution in [2.24, 2.45) is 5.73 Å². The molecule has 0 fully saturated rings. The van der Waals surface area contributed by atoms with E-state index < -0.39 is 0 Å². The summed E-state index contributed by atoms with van der Waals surface area (Å²) < 4.78 is 2.46. The minimum Gasteiger partial charge on any atom is -0.326 e. The zero-order valence-electron chi connectivity index (χ0n) is 6.38. The number of thiophene rings is 1. The number of hydrogen-bond donors (Lipinski definition) is 1. The molecule has 0 aliphatic heterocycles. The number of rotatable bonds is 1. The average molecular weight is 242 g/mol. The van der Waals surface area contributed by atoms with Gasteiger partial charge >= 0.3 is 0 Å². The number of nitrogens with two attached hydrogens (primary N) is 1. The average Bonchev–Trinajstić information content (AvgIpc) is 2.44. The van der Waals surface area contributed by atoms with Crippen LogP contribution in [0.5, 0.6) is 0 Å². The lowest BCUT2D eigenvalue weighted by Gasteiger charge is -1.96. The Hall–Kier alpha value is -0.380. The molecule has 1 aromatic carbocycles. The van der Waals surface area contributed by atoms with Crippen LogP contribution in [0.15, 0.2) is 28.1 Å². The summed E-state index contributed by atoms with van der Waals surface area (Å²) >= 11 is 5.21. The summed E-state index contributed by atoms with van der Waals surface area (Å²) in [4.78, 5) is 0. The van der Waals surface area contributed by atoms with E-state index in [4.69, 9.17) is 5.73 Å². The highest BCUT2D eigenvalue weighted by molar-refractivity contribution is 9.11. The van der Waals surface area contributed by atoms with Crippen LogP contribution in [-0.2, 0) is 6.54 Å². The van der Waals surface area contributed by atoms with Gasteiger partial charge in [-0.2, -0.15) is 0 Å². The first kappa shape index (κ1) is 8.23. The Morgan fingerprint density at radius 1 is 1.42 bits per heavy atom. The van der Waals surface area contributed by atoms with E-state index in [-0.39, 0.29) is 0 Å². The maximum atomic E-state index is 5.62. The Morgan fingerprint density at radius 2 is 2.25 bits per heavy atom. The van der Waals surface area contributed by atoms with E-state index >= 15 is 0 Å². The van der Waals surface area contributed by atoms with Gasteiger partial charge < -0.3 is 5.73 Å². The Kier molecular flexibility index (Phi) is 2.17. The molecular formula is C9H8BrNS. The molecule has 0 unspecified atom stereocenters. The first-order valence-electron chi connectivity index (χ1n) is 3.68. The van der Waals surface area contributed by atoms with E-state index in [0.717, 1.165) is 0 Å². The maximum absolute atomic E-state index is 5.62. The lowest BCUT2D eigenvalue weighted by atomic mass is 10.2. The van der Waals surface area contributed by atoms with E-state index in [0.29, 0.717) is 6.54 Å². The molecule has 2 aromatic rings. The Balaban J connectivity index is 2.78. The number of hydrogen-bond acceptors (Lipinski definition) is 2. The molecule has 1 heterocycles. The lowest BCUT2D eigenvalue weighted by Crippen LogP contribution is -1.95. The lowest BCUT2D eigenvalue weighted by molar-refractivity contribution is 1.09. The first-order valence-corrected chi connectivity index (χ1v) is 5.29. The third-order valence-corrected chi connectivity index (χ3v) is 3.54. The second-order valence-electron chi connectivity index (χ2n) is 2.59. The van der Waals surface area contributed by atoms with E-state index in [1.807, 2.05) is 6.07 Å². The van der Waals surface area contributed by atoms with Gasteiger partial charge in [-0.3, -0.25) is 0 Å². The summed E-state index contributed by atoms with van der Waals surface area (Å²) in [7, 11) is 0. The van der Waals surface area contributed by atoms with Crippen molar-refractivity contribution in [2.45, 2.75) is 6.54 Å². The largest absolute Gasteiger partial charge is 0.326 e. The van der Waals surface area contributed by atoms with Crippen molar-refractivity contribution >= 4 is 37.4 Å². The minimum absolute atomic E-state index is 0.615. The number of halogens is 1. The molecule has 0 amide bonds. The Labute approximate surface area is 83.3 Å². The van der Waals surface area contributed by atoms with Gasteiger partial charge in [0.1, 0.15) is 0 Å². The van der Waals surface area contributed by atoms with Gasteiger partial charge in [-0.1, -0.05) is 18.2 Å². The van der Waals surface area contributed by atoms with Crippen LogP contribution in [0.2, 0.25) is 0 Å². The fraction of sp³-hybridized carbons (Fsp3) is 0.111. The van der Waals surface area contributed by atoms with Gasteiger partial charge in [0.2, 0.25) is 0 Å². The van der Waals surface area contributed by atoms with Crippen molar-refractivity contribution in [3.05, 3.63) is 33.6 Å². The molecule has 0 saturated heterocycles. The van der Waals surface area contributed by atoms with E-state index in [2.05, 4.69) is 34.1 Å². The van der Waals surface area contributed by atoms with Crippen LogP contribution in [0.3, 0.4) is 0 Å². The maximum Gasteiger partial charge on any atom is 0.0711 e. The third-order valence-electron chi connectivity index (χ3n) is 1.82. The van der Waals surface area contributed by atoms with Gasteiger partial charge in [-0.25, -0.2) is 0 Å². The van der Waals surface area contributed by atoms with Gasteiger partial charge in [0.05, 0.1) is 3.79 Å². The zero-order valence-corrected chi connectivity index (χ0v) is 8.78. The summed E-state index contributed by atoms with van der Waals surface area (Å²) in [6, 6.07) is 8.35. The van der Waals surface area contributed by atoms with Gasteiger partial charge in [0.15, 0.2) is 0 Å². The topological polar surface area (TPSA) is 26.0 Å². The standard InChI is InChI=1S/C9H8BrNS/c10-8-4-6-2-1-3-7(5-11)9(6)12-8/h1-4H,5,11H2. The van der Waals surface area contributed by atoms with Crippen LogP contribution in [0.4, 0.5) is 0 Å². The van der Waals surface area contributed by atoms with Crippen molar-refractivity contribution < 1.29 is 0 Å². The minimum atomic E-state index is 0.615. The molecule has 12 heavy (non-hydrogen) atoms. The normalized spacial score (nSPS) is 10.8. The second kappa shape index (κ2) is 3.17. The molecule has 3 heteroatoms. The summed E-state index contributed by atoms with van der Waals surface area (Å²) in [5.41, 5.74) is 6.84. The van der Waals surface area contributed by atoms with Gasteiger partial charge in [-0.05, 0) is 32.9 Å². The van der Waals surface area contributed by atoms with Crippen LogP contribution in [0.1, 0.15) is 5.56 Å². The van der Waals surface area contributed by atoms with Crippen LogP contribution in [-0.4, -0.2) is 0 Å².